The van der Waals surface area contributed by atoms with Gasteiger partial charge in [0.2, 0.25) is 0 Å². The largest absolute Gasteiger partial charge is 0.388 e. The lowest BCUT2D eigenvalue weighted by Gasteiger charge is -2.24. The Bertz CT molecular complexity index is 63.4. The van der Waals surface area contributed by atoms with Crippen molar-refractivity contribution in [1.82, 2.24) is 0 Å². The highest BCUT2D eigenvalue weighted by molar-refractivity contribution is 4.39. The monoisotopic (exact) mass is 118 g/mol. The van der Waals surface area contributed by atoms with E-state index in [4.69, 9.17) is 5.11 Å². The summed E-state index contributed by atoms with van der Waals surface area (Å²) >= 11 is 0. The van der Waals surface area contributed by atoms with Gasteiger partial charge in [-0.05, 0) is 6.92 Å². The van der Waals surface area contributed by atoms with Gasteiger partial charge in [0.1, 0.15) is 12.6 Å². The third-order valence-corrected chi connectivity index (χ3v) is 0.812. The number of aliphatic hydroxyl groups is 1. The molecule has 0 spiro atoms. The molecule has 0 aliphatic carbocycles. The second kappa shape index (κ2) is 2.46. The van der Waals surface area contributed by atoms with E-state index in [1.165, 1.54) is 0 Å². The Balaban J connectivity index is 3.39. The normalized spacial score (nSPS) is 16.1. The second-order valence-corrected chi connectivity index (χ2v) is 3.32. The average molecular weight is 118 g/mol. The predicted octanol–water partition coefficient (Wildman–Crippen LogP) is 0.0734. The SMILES string of the molecule is CC(O)C[N+](C)(C)C. The molecule has 0 bridgehead atoms. The molecule has 0 saturated carbocycles. The van der Waals surface area contributed by atoms with Gasteiger partial charge in [-0.2, -0.15) is 0 Å². The Morgan fingerprint density at radius 3 is 1.75 bits per heavy atom. The van der Waals surface area contributed by atoms with Crippen LogP contribution in [0.15, 0.2) is 0 Å². The van der Waals surface area contributed by atoms with Crippen LogP contribution in [-0.4, -0.2) is 43.4 Å². The highest BCUT2D eigenvalue weighted by Gasteiger charge is 2.09. The fraction of sp³-hybridized carbons (Fsp3) is 1.00. The standard InChI is InChI=1S/C6H16NO/c1-6(8)5-7(2,3)4/h6,8H,5H2,1-4H3/q+1. The summed E-state index contributed by atoms with van der Waals surface area (Å²) in [5.41, 5.74) is 0. The molecular formula is C6H16NO+. The molecule has 0 saturated heterocycles. The van der Waals surface area contributed by atoms with Gasteiger partial charge >= 0.3 is 0 Å². The van der Waals surface area contributed by atoms with E-state index in [0.717, 1.165) is 11.0 Å². The molecule has 1 unspecified atom stereocenters. The van der Waals surface area contributed by atoms with Crippen molar-refractivity contribution < 1.29 is 9.59 Å². The maximum absolute atomic E-state index is 8.87. The summed E-state index contributed by atoms with van der Waals surface area (Å²) in [6, 6.07) is 0. The quantitative estimate of drug-likeness (QED) is 0.509. The molecule has 1 atom stereocenters. The van der Waals surface area contributed by atoms with Gasteiger partial charge in [-0.3, -0.25) is 0 Å². The highest BCUT2D eigenvalue weighted by atomic mass is 16.3. The molecule has 0 aromatic heterocycles. The van der Waals surface area contributed by atoms with Crippen molar-refractivity contribution in [2.45, 2.75) is 13.0 Å². The number of hydrogen-bond acceptors (Lipinski definition) is 1. The average Bonchev–Trinajstić information content (AvgIpc) is 1.21. The Hall–Kier alpha value is -0.0800. The van der Waals surface area contributed by atoms with Gasteiger partial charge in [-0.15, -0.1) is 0 Å². The maximum Gasteiger partial charge on any atom is 0.104 e. The van der Waals surface area contributed by atoms with Crippen LogP contribution in [0.25, 0.3) is 0 Å². The minimum absolute atomic E-state index is 0.185. The third kappa shape index (κ3) is 5.92. The molecule has 8 heavy (non-hydrogen) atoms. The molecule has 0 fully saturated rings. The molecule has 50 valence electrons. The van der Waals surface area contributed by atoms with Crippen LogP contribution in [0.3, 0.4) is 0 Å². The van der Waals surface area contributed by atoms with E-state index < -0.39 is 0 Å². The molecule has 0 amide bonds. The van der Waals surface area contributed by atoms with Gasteiger partial charge in [0.05, 0.1) is 21.1 Å². The van der Waals surface area contributed by atoms with Crippen LogP contribution in [0.5, 0.6) is 0 Å². The topological polar surface area (TPSA) is 20.2 Å². The smallest absolute Gasteiger partial charge is 0.104 e. The molecule has 0 aliphatic heterocycles. The van der Waals surface area contributed by atoms with Crippen LogP contribution in [0.4, 0.5) is 0 Å². The molecule has 0 heterocycles. The number of aliphatic hydroxyl groups excluding tert-OH is 1. The van der Waals surface area contributed by atoms with Crippen molar-refractivity contribution in [3.05, 3.63) is 0 Å². The fourth-order valence-electron chi connectivity index (χ4n) is 0.793. The molecular weight excluding hydrogens is 102 g/mol. The summed E-state index contributed by atoms with van der Waals surface area (Å²) in [6.07, 6.45) is -0.185. The third-order valence-electron chi connectivity index (χ3n) is 0.812. The van der Waals surface area contributed by atoms with E-state index in [2.05, 4.69) is 21.1 Å². The van der Waals surface area contributed by atoms with Crippen molar-refractivity contribution in [1.29, 1.82) is 0 Å². The van der Waals surface area contributed by atoms with Crippen molar-refractivity contribution >= 4 is 0 Å². The van der Waals surface area contributed by atoms with E-state index in [-0.39, 0.29) is 6.10 Å². The van der Waals surface area contributed by atoms with Crippen molar-refractivity contribution in [3.8, 4) is 0 Å². The lowest BCUT2D eigenvalue weighted by Crippen LogP contribution is -2.40. The van der Waals surface area contributed by atoms with Crippen molar-refractivity contribution in [2.24, 2.45) is 0 Å². The lowest BCUT2D eigenvalue weighted by molar-refractivity contribution is -0.873. The molecule has 2 heteroatoms. The van der Waals surface area contributed by atoms with E-state index in [0.29, 0.717) is 0 Å². The Kier molecular flexibility index (Phi) is 2.44. The zero-order valence-corrected chi connectivity index (χ0v) is 6.18. The van der Waals surface area contributed by atoms with E-state index in [9.17, 15) is 0 Å². The molecule has 0 aromatic carbocycles. The number of hydrogen-bond donors (Lipinski definition) is 1. The molecule has 0 aromatic rings. The first-order valence-electron chi connectivity index (χ1n) is 2.90. The van der Waals surface area contributed by atoms with Gasteiger partial charge < -0.3 is 9.59 Å². The first kappa shape index (κ1) is 7.92. The van der Waals surface area contributed by atoms with E-state index >= 15 is 0 Å². The summed E-state index contributed by atoms with van der Waals surface area (Å²) in [7, 11) is 6.19. The summed E-state index contributed by atoms with van der Waals surface area (Å²) < 4.78 is 0.831. The Morgan fingerprint density at radius 1 is 1.38 bits per heavy atom. The van der Waals surface area contributed by atoms with E-state index in [1.54, 1.807) is 0 Å². The number of rotatable bonds is 2. The van der Waals surface area contributed by atoms with Crippen LogP contribution in [0, 0.1) is 0 Å². The van der Waals surface area contributed by atoms with Gasteiger partial charge in [0.15, 0.2) is 0 Å². The van der Waals surface area contributed by atoms with Crippen LogP contribution >= 0.6 is 0 Å². The van der Waals surface area contributed by atoms with Crippen LogP contribution < -0.4 is 0 Å². The molecule has 1 N–H and O–H groups in total. The van der Waals surface area contributed by atoms with Gasteiger partial charge in [-0.1, -0.05) is 0 Å². The minimum Gasteiger partial charge on any atom is -0.388 e. The lowest BCUT2D eigenvalue weighted by atomic mass is 10.3. The number of nitrogens with zero attached hydrogens (tertiary/aromatic N) is 1. The highest BCUT2D eigenvalue weighted by Crippen LogP contribution is 1.92. The fourth-order valence-corrected chi connectivity index (χ4v) is 0.793. The minimum atomic E-state index is -0.185. The molecule has 0 aliphatic rings. The van der Waals surface area contributed by atoms with E-state index in [1.807, 2.05) is 6.92 Å². The Labute approximate surface area is 51.3 Å². The summed E-state index contributed by atoms with van der Waals surface area (Å²) in [5, 5.41) is 8.87. The first-order valence-corrected chi connectivity index (χ1v) is 2.90. The van der Waals surface area contributed by atoms with Gasteiger partial charge in [0, 0.05) is 0 Å². The first-order chi connectivity index (χ1) is 3.42. The van der Waals surface area contributed by atoms with Crippen LogP contribution in [0.1, 0.15) is 6.92 Å². The zero-order valence-electron chi connectivity index (χ0n) is 6.18. The zero-order chi connectivity index (χ0) is 6.78. The summed E-state index contributed by atoms with van der Waals surface area (Å²) in [6.45, 7) is 2.63. The van der Waals surface area contributed by atoms with Crippen LogP contribution in [0.2, 0.25) is 0 Å². The molecule has 2 nitrogen and oxygen atoms in total. The van der Waals surface area contributed by atoms with Crippen molar-refractivity contribution in [2.75, 3.05) is 27.7 Å². The summed E-state index contributed by atoms with van der Waals surface area (Å²) in [4.78, 5) is 0. The van der Waals surface area contributed by atoms with Crippen LogP contribution in [-0.2, 0) is 0 Å². The maximum atomic E-state index is 8.87. The van der Waals surface area contributed by atoms with Gasteiger partial charge in [-0.25, -0.2) is 0 Å². The number of quaternary nitrogens is 1. The molecule has 0 radical (unpaired) electrons. The Morgan fingerprint density at radius 2 is 1.75 bits per heavy atom. The van der Waals surface area contributed by atoms with Gasteiger partial charge in [0.25, 0.3) is 0 Å². The summed E-state index contributed by atoms with van der Waals surface area (Å²) in [5.74, 6) is 0. The predicted molar refractivity (Wildman–Crippen MR) is 34.6 cm³/mol. The van der Waals surface area contributed by atoms with Crippen molar-refractivity contribution in [3.63, 3.8) is 0 Å². The molecule has 0 rings (SSSR count). The second-order valence-electron chi connectivity index (χ2n) is 3.32. The number of likely N-dealkylation sites (N-methyl/N-ethyl adjacent to an activating group) is 1.